The van der Waals surface area contributed by atoms with Crippen LogP contribution >= 0.6 is 11.8 Å². The van der Waals surface area contributed by atoms with Crippen LogP contribution in [0.2, 0.25) is 0 Å². The average Bonchev–Trinajstić information content (AvgIpc) is 2.34. The van der Waals surface area contributed by atoms with E-state index in [2.05, 4.69) is 20.3 Å². The van der Waals surface area contributed by atoms with Gasteiger partial charge in [0.25, 0.3) is 0 Å². The average molecular weight is 257 g/mol. The van der Waals surface area contributed by atoms with Crippen LogP contribution in [-0.4, -0.2) is 55.6 Å². The van der Waals surface area contributed by atoms with E-state index in [1.165, 1.54) is 0 Å². The molecule has 0 atom stereocenters. The minimum absolute atomic E-state index is 0.595. The first-order chi connectivity index (χ1) is 8.17. The zero-order chi connectivity index (χ0) is 12.7. The van der Waals surface area contributed by atoms with E-state index >= 15 is 0 Å². The minimum atomic E-state index is 0.595. The molecule has 0 aliphatic heterocycles. The van der Waals surface area contributed by atoms with Crippen molar-refractivity contribution in [3.05, 3.63) is 0 Å². The Labute approximate surface area is 106 Å². The van der Waals surface area contributed by atoms with Crippen molar-refractivity contribution in [2.75, 3.05) is 50.8 Å². The van der Waals surface area contributed by atoms with E-state index in [9.17, 15) is 0 Å². The van der Waals surface area contributed by atoms with Crippen LogP contribution in [-0.2, 0) is 4.74 Å². The smallest absolute Gasteiger partial charge is 0.230 e. The first kappa shape index (κ1) is 14.0. The Hall–Kier alpha value is -1.08. The number of rotatable bonds is 7. The molecule has 96 valence electrons. The Morgan fingerprint density at radius 2 is 2.06 bits per heavy atom. The number of hydrogen-bond acceptors (Lipinski definition) is 7. The maximum Gasteiger partial charge on any atom is 0.230 e. The maximum atomic E-state index is 5.00. The topological polar surface area (TPSA) is 63.2 Å². The number of methoxy groups -OCH3 is 1. The highest BCUT2D eigenvalue weighted by atomic mass is 32.2. The van der Waals surface area contributed by atoms with E-state index in [4.69, 9.17) is 4.74 Å². The molecule has 0 saturated carbocycles. The fraction of sp³-hybridized carbons (Fsp3) is 0.700. The molecule has 1 N–H and O–H groups in total. The quantitative estimate of drug-likeness (QED) is 0.580. The van der Waals surface area contributed by atoms with E-state index in [-0.39, 0.29) is 0 Å². The van der Waals surface area contributed by atoms with Crippen molar-refractivity contribution in [1.82, 2.24) is 15.0 Å². The lowest BCUT2D eigenvalue weighted by molar-refractivity contribution is 0.200. The first-order valence-electron chi connectivity index (χ1n) is 5.40. The summed E-state index contributed by atoms with van der Waals surface area (Å²) in [5.41, 5.74) is 0. The molecule has 0 saturated heterocycles. The molecule has 17 heavy (non-hydrogen) atoms. The third kappa shape index (κ3) is 4.74. The Kier molecular flexibility index (Phi) is 5.99. The third-order valence-electron chi connectivity index (χ3n) is 1.95. The highest BCUT2D eigenvalue weighted by Gasteiger charge is 2.07. The second kappa shape index (κ2) is 7.29. The van der Waals surface area contributed by atoms with Crippen molar-refractivity contribution >= 4 is 23.7 Å². The zero-order valence-electron chi connectivity index (χ0n) is 10.7. The van der Waals surface area contributed by atoms with Crippen LogP contribution in [0.25, 0.3) is 0 Å². The van der Waals surface area contributed by atoms with Crippen LogP contribution in [0.3, 0.4) is 0 Å². The standard InChI is InChI=1S/C10H19N5OS/c1-11-8-12-9(15(2)3)14-10(13-8)17-7-5-6-16-4/h5-7H2,1-4H3,(H,11,12,13,14). The summed E-state index contributed by atoms with van der Waals surface area (Å²) in [7, 11) is 7.33. The summed E-state index contributed by atoms with van der Waals surface area (Å²) in [6.45, 7) is 0.761. The van der Waals surface area contributed by atoms with Gasteiger partial charge in [-0.25, -0.2) is 0 Å². The first-order valence-corrected chi connectivity index (χ1v) is 6.38. The molecule has 6 nitrogen and oxygen atoms in total. The van der Waals surface area contributed by atoms with Gasteiger partial charge in [-0.3, -0.25) is 0 Å². The monoisotopic (exact) mass is 257 g/mol. The SMILES string of the molecule is CNc1nc(SCCCOC)nc(N(C)C)n1. The van der Waals surface area contributed by atoms with Crippen molar-refractivity contribution in [3.8, 4) is 0 Å². The van der Waals surface area contributed by atoms with Crippen molar-refractivity contribution in [2.45, 2.75) is 11.6 Å². The molecule has 0 aliphatic rings. The van der Waals surface area contributed by atoms with Gasteiger partial charge in [-0.15, -0.1) is 0 Å². The Morgan fingerprint density at radius 1 is 1.29 bits per heavy atom. The fourth-order valence-corrected chi connectivity index (χ4v) is 1.83. The van der Waals surface area contributed by atoms with Gasteiger partial charge in [0, 0.05) is 40.6 Å². The van der Waals surface area contributed by atoms with Gasteiger partial charge < -0.3 is 15.0 Å². The summed E-state index contributed by atoms with van der Waals surface area (Å²) in [5.74, 6) is 2.20. The van der Waals surface area contributed by atoms with Gasteiger partial charge in [0.15, 0.2) is 5.16 Å². The Bertz CT molecular complexity index is 347. The van der Waals surface area contributed by atoms with Gasteiger partial charge >= 0.3 is 0 Å². The van der Waals surface area contributed by atoms with Crippen LogP contribution < -0.4 is 10.2 Å². The molecule has 7 heteroatoms. The van der Waals surface area contributed by atoms with Crippen molar-refractivity contribution in [3.63, 3.8) is 0 Å². The van der Waals surface area contributed by atoms with Gasteiger partial charge in [-0.1, -0.05) is 11.8 Å². The molecule has 0 aromatic carbocycles. The second-order valence-corrected chi connectivity index (χ2v) is 4.64. The normalized spacial score (nSPS) is 10.4. The molecule has 1 aromatic heterocycles. The van der Waals surface area contributed by atoms with Gasteiger partial charge in [0.1, 0.15) is 0 Å². The summed E-state index contributed by atoms with van der Waals surface area (Å²) in [5, 5.41) is 3.68. The Balaban J connectivity index is 2.66. The van der Waals surface area contributed by atoms with Crippen molar-refractivity contribution in [2.24, 2.45) is 0 Å². The lowest BCUT2D eigenvalue weighted by Crippen LogP contribution is -2.15. The molecule has 0 unspecified atom stereocenters. The largest absolute Gasteiger partial charge is 0.385 e. The maximum absolute atomic E-state index is 5.00. The van der Waals surface area contributed by atoms with Crippen molar-refractivity contribution in [1.29, 1.82) is 0 Å². The predicted molar refractivity (Wildman–Crippen MR) is 70.9 cm³/mol. The molecule has 1 heterocycles. The zero-order valence-corrected chi connectivity index (χ0v) is 11.5. The molecule has 0 aliphatic carbocycles. The molecule has 1 aromatic rings. The lowest BCUT2D eigenvalue weighted by Gasteiger charge is -2.12. The van der Waals surface area contributed by atoms with E-state index in [1.54, 1.807) is 25.9 Å². The highest BCUT2D eigenvalue weighted by Crippen LogP contribution is 2.18. The molecule has 0 spiro atoms. The van der Waals surface area contributed by atoms with Crippen LogP contribution in [0.1, 0.15) is 6.42 Å². The predicted octanol–water partition coefficient (Wildman–Crippen LogP) is 1.11. The highest BCUT2D eigenvalue weighted by molar-refractivity contribution is 7.99. The molecule has 0 bridgehead atoms. The second-order valence-electron chi connectivity index (χ2n) is 3.58. The number of thioether (sulfide) groups is 1. The third-order valence-corrected chi connectivity index (χ3v) is 2.88. The molecular weight excluding hydrogens is 238 g/mol. The van der Waals surface area contributed by atoms with E-state index in [0.717, 1.165) is 23.9 Å². The molecular formula is C10H19N5OS. The molecule has 1 rings (SSSR count). The lowest BCUT2D eigenvalue weighted by atomic mass is 10.5. The minimum Gasteiger partial charge on any atom is -0.385 e. The van der Waals surface area contributed by atoms with Crippen LogP contribution in [0.15, 0.2) is 5.16 Å². The summed E-state index contributed by atoms with van der Waals surface area (Å²) in [6.07, 6.45) is 0.985. The fourth-order valence-electron chi connectivity index (χ4n) is 1.09. The summed E-state index contributed by atoms with van der Waals surface area (Å²) < 4.78 is 5.00. The van der Waals surface area contributed by atoms with Crippen LogP contribution in [0.5, 0.6) is 0 Å². The number of ether oxygens (including phenoxy) is 1. The number of anilines is 2. The number of hydrogen-bond donors (Lipinski definition) is 1. The van der Waals surface area contributed by atoms with Gasteiger partial charge in [-0.05, 0) is 6.42 Å². The van der Waals surface area contributed by atoms with Crippen molar-refractivity contribution < 1.29 is 4.74 Å². The van der Waals surface area contributed by atoms with Gasteiger partial charge in [-0.2, -0.15) is 15.0 Å². The summed E-state index contributed by atoms with van der Waals surface area (Å²) >= 11 is 1.61. The summed E-state index contributed by atoms with van der Waals surface area (Å²) in [4.78, 5) is 14.8. The van der Waals surface area contributed by atoms with E-state index < -0.39 is 0 Å². The Morgan fingerprint density at radius 3 is 2.65 bits per heavy atom. The van der Waals surface area contributed by atoms with E-state index in [0.29, 0.717) is 11.9 Å². The van der Waals surface area contributed by atoms with E-state index in [1.807, 2.05) is 19.0 Å². The summed E-state index contributed by atoms with van der Waals surface area (Å²) in [6, 6.07) is 0. The van der Waals surface area contributed by atoms with Crippen LogP contribution in [0, 0.1) is 0 Å². The number of nitrogens with one attached hydrogen (secondary N) is 1. The number of nitrogens with zero attached hydrogens (tertiary/aromatic N) is 4. The number of aromatic nitrogens is 3. The van der Waals surface area contributed by atoms with Gasteiger partial charge in [0.2, 0.25) is 11.9 Å². The molecule has 0 fully saturated rings. The molecule has 0 amide bonds. The molecule has 0 radical (unpaired) electrons. The van der Waals surface area contributed by atoms with Crippen LogP contribution in [0.4, 0.5) is 11.9 Å². The van der Waals surface area contributed by atoms with Gasteiger partial charge in [0.05, 0.1) is 0 Å².